The van der Waals surface area contributed by atoms with Crippen LogP contribution in [0.3, 0.4) is 0 Å². The number of aromatic nitrogens is 1. The third-order valence-electron chi connectivity index (χ3n) is 2.71. The Labute approximate surface area is 114 Å². The zero-order valence-corrected chi connectivity index (χ0v) is 10.7. The second-order valence-corrected chi connectivity index (χ2v) is 4.02. The molecule has 0 radical (unpaired) electrons. The van der Waals surface area contributed by atoms with Gasteiger partial charge in [-0.25, -0.2) is 9.59 Å². The van der Waals surface area contributed by atoms with Gasteiger partial charge in [0.2, 0.25) is 0 Å². The average molecular weight is 275 g/mol. The van der Waals surface area contributed by atoms with Crippen LogP contribution in [0.15, 0.2) is 41.1 Å². The van der Waals surface area contributed by atoms with Crippen LogP contribution in [-0.4, -0.2) is 29.3 Å². The molecule has 1 aromatic carbocycles. The van der Waals surface area contributed by atoms with Crippen LogP contribution >= 0.6 is 0 Å². The molecule has 2 amide bonds. The van der Waals surface area contributed by atoms with Gasteiger partial charge in [-0.2, -0.15) is 0 Å². The molecule has 0 unspecified atom stereocenters. The molecule has 0 aliphatic rings. The summed E-state index contributed by atoms with van der Waals surface area (Å²) in [4.78, 5) is 24.3. The predicted octanol–water partition coefficient (Wildman–Crippen LogP) is 1.72. The van der Waals surface area contributed by atoms with Crippen LogP contribution in [-0.2, 0) is 6.54 Å². The fourth-order valence-electron chi connectivity index (χ4n) is 1.67. The lowest BCUT2D eigenvalue weighted by Crippen LogP contribution is -2.37. The number of carbonyl (C=O) groups excluding carboxylic acids is 1. The van der Waals surface area contributed by atoms with Crippen molar-refractivity contribution in [2.75, 3.05) is 11.9 Å². The Morgan fingerprint density at radius 1 is 1.35 bits per heavy atom. The third-order valence-corrected chi connectivity index (χ3v) is 2.71. The molecule has 2 rings (SSSR count). The minimum absolute atomic E-state index is 0.0600. The van der Waals surface area contributed by atoms with Gasteiger partial charge in [0.1, 0.15) is 0 Å². The van der Waals surface area contributed by atoms with Crippen molar-refractivity contribution in [3.8, 4) is 0 Å². The highest BCUT2D eigenvalue weighted by Gasteiger charge is 2.17. The maximum Gasteiger partial charge on any atom is 0.337 e. The lowest BCUT2D eigenvalue weighted by atomic mass is 10.1. The first kappa shape index (κ1) is 13.6. The van der Waals surface area contributed by atoms with Crippen molar-refractivity contribution in [2.45, 2.75) is 6.54 Å². The summed E-state index contributed by atoms with van der Waals surface area (Å²) in [5.74, 6) is -0.575. The molecule has 0 saturated heterocycles. The van der Waals surface area contributed by atoms with E-state index in [1.165, 1.54) is 24.2 Å². The Hall–Kier alpha value is -2.83. The lowest BCUT2D eigenvalue weighted by Gasteiger charge is -2.19. The number of hydrogen-bond acceptors (Lipinski definition) is 4. The van der Waals surface area contributed by atoms with Gasteiger partial charge in [-0.1, -0.05) is 17.3 Å². The predicted molar refractivity (Wildman–Crippen MR) is 70.5 cm³/mol. The second kappa shape index (κ2) is 5.87. The molecule has 7 heteroatoms. The van der Waals surface area contributed by atoms with Crippen molar-refractivity contribution < 1.29 is 19.2 Å². The summed E-state index contributed by atoms with van der Waals surface area (Å²) < 4.78 is 4.85. The fourth-order valence-corrected chi connectivity index (χ4v) is 1.67. The number of nitrogens with zero attached hydrogens (tertiary/aromatic N) is 2. The van der Waals surface area contributed by atoms with Crippen LogP contribution in [0.1, 0.15) is 16.1 Å². The molecular weight excluding hydrogens is 262 g/mol. The standard InChI is InChI=1S/C13H13N3O4/c1-16(11-5-3-2-4-10(11)12(17)18)13(19)14-8-9-6-7-15-20-9/h2-7H,8H2,1H3,(H,14,19)(H,17,18). The van der Waals surface area contributed by atoms with Gasteiger partial charge in [0.25, 0.3) is 0 Å². The number of nitrogens with one attached hydrogen (secondary N) is 1. The largest absolute Gasteiger partial charge is 0.478 e. The van der Waals surface area contributed by atoms with E-state index in [4.69, 9.17) is 9.63 Å². The zero-order chi connectivity index (χ0) is 14.5. The van der Waals surface area contributed by atoms with Gasteiger partial charge >= 0.3 is 12.0 Å². The number of benzene rings is 1. The highest BCUT2D eigenvalue weighted by molar-refractivity contribution is 6.01. The summed E-state index contributed by atoms with van der Waals surface area (Å²) in [6.07, 6.45) is 1.48. The van der Waals surface area contributed by atoms with Crippen LogP contribution < -0.4 is 10.2 Å². The number of amides is 2. The summed E-state index contributed by atoms with van der Waals surface area (Å²) in [7, 11) is 1.50. The minimum atomic E-state index is -1.09. The van der Waals surface area contributed by atoms with Gasteiger partial charge in [-0.15, -0.1) is 0 Å². The molecule has 104 valence electrons. The Bertz CT molecular complexity index is 610. The monoisotopic (exact) mass is 275 g/mol. The first-order valence-electron chi connectivity index (χ1n) is 5.83. The van der Waals surface area contributed by atoms with Gasteiger partial charge in [0, 0.05) is 13.1 Å². The van der Waals surface area contributed by atoms with Gasteiger partial charge in [-0.05, 0) is 12.1 Å². The normalized spacial score (nSPS) is 10.1. The van der Waals surface area contributed by atoms with Crippen LogP contribution in [0.25, 0.3) is 0 Å². The van der Waals surface area contributed by atoms with Crippen molar-refractivity contribution >= 4 is 17.7 Å². The number of carbonyl (C=O) groups is 2. The molecule has 2 aromatic rings. The Morgan fingerprint density at radius 2 is 2.10 bits per heavy atom. The topological polar surface area (TPSA) is 95.7 Å². The molecule has 0 aliphatic carbocycles. The number of carboxylic acid groups (broad SMARTS) is 1. The average Bonchev–Trinajstić information content (AvgIpc) is 2.97. The van der Waals surface area contributed by atoms with E-state index in [9.17, 15) is 9.59 Å². The minimum Gasteiger partial charge on any atom is -0.478 e. The zero-order valence-electron chi connectivity index (χ0n) is 10.7. The van der Waals surface area contributed by atoms with Crippen molar-refractivity contribution in [1.29, 1.82) is 0 Å². The molecule has 2 N–H and O–H groups in total. The molecule has 0 aliphatic heterocycles. The maximum atomic E-state index is 12.0. The molecule has 1 aromatic heterocycles. The van der Waals surface area contributed by atoms with E-state index in [2.05, 4.69) is 10.5 Å². The van der Waals surface area contributed by atoms with Crippen molar-refractivity contribution in [3.05, 3.63) is 47.9 Å². The molecule has 7 nitrogen and oxygen atoms in total. The molecule has 0 spiro atoms. The van der Waals surface area contributed by atoms with Gasteiger partial charge in [-0.3, -0.25) is 4.90 Å². The van der Waals surface area contributed by atoms with Crippen LogP contribution in [0.2, 0.25) is 0 Å². The number of carboxylic acids is 1. The van der Waals surface area contributed by atoms with E-state index in [0.717, 1.165) is 0 Å². The molecular formula is C13H13N3O4. The second-order valence-electron chi connectivity index (χ2n) is 4.02. The molecule has 0 fully saturated rings. The Kier molecular flexibility index (Phi) is 3.99. The van der Waals surface area contributed by atoms with Crippen molar-refractivity contribution in [2.24, 2.45) is 0 Å². The summed E-state index contributed by atoms with van der Waals surface area (Å²) in [6, 6.07) is 7.48. The summed E-state index contributed by atoms with van der Waals surface area (Å²) >= 11 is 0. The van der Waals surface area contributed by atoms with Crippen molar-refractivity contribution in [1.82, 2.24) is 10.5 Å². The summed E-state index contributed by atoms with van der Waals surface area (Å²) in [5.41, 5.74) is 0.375. The van der Waals surface area contributed by atoms with E-state index in [-0.39, 0.29) is 12.1 Å². The smallest absolute Gasteiger partial charge is 0.337 e. The first-order chi connectivity index (χ1) is 9.59. The number of urea groups is 1. The Balaban J connectivity index is 2.08. The first-order valence-corrected chi connectivity index (χ1v) is 5.83. The molecule has 20 heavy (non-hydrogen) atoms. The third kappa shape index (κ3) is 2.94. The van der Waals surface area contributed by atoms with Crippen molar-refractivity contribution in [3.63, 3.8) is 0 Å². The number of para-hydroxylation sites is 1. The maximum absolute atomic E-state index is 12.0. The quantitative estimate of drug-likeness (QED) is 0.885. The van der Waals surface area contributed by atoms with Crippen LogP contribution in [0.4, 0.5) is 10.5 Å². The summed E-state index contributed by atoms with van der Waals surface area (Å²) in [5, 5.41) is 15.2. The highest BCUT2D eigenvalue weighted by Crippen LogP contribution is 2.19. The summed E-state index contributed by atoms with van der Waals surface area (Å²) in [6.45, 7) is 0.179. The van der Waals surface area contributed by atoms with E-state index < -0.39 is 12.0 Å². The van der Waals surface area contributed by atoms with Crippen LogP contribution in [0.5, 0.6) is 0 Å². The molecule has 1 heterocycles. The van der Waals surface area contributed by atoms with E-state index in [1.54, 1.807) is 24.3 Å². The molecule has 0 saturated carbocycles. The highest BCUT2D eigenvalue weighted by atomic mass is 16.5. The number of hydrogen-bond donors (Lipinski definition) is 2. The van der Waals surface area contributed by atoms with E-state index in [1.807, 2.05) is 0 Å². The van der Waals surface area contributed by atoms with E-state index in [0.29, 0.717) is 11.4 Å². The number of rotatable bonds is 4. The SMILES string of the molecule is CN(C(=O)NCc1ccno1)c1ccccc1C(=O)O. The Morgan fingerprint density at radius 3 is 2.75 bits per heavy atom. The number of anilines is 1. The van der Waals surface area contributed by atoms with Gasteiger partial charge in [0.15, 0.2) is 5.76 Å². The fraction of sp³-hybridized carbons (Fsp3) is 0.154. The number of aromatic carboxylic acids is 1. The van der Waals surface area contributed by atoms with Gasteiger partial charge < -0.3 is 14.9 Å². The van der Waals surface area contributed by atoms with Crippen LogP contribution in [0, 0.1) is 0 Å². The van der Waals surface area contributed by atoms with Gasteiger partial charge in [0.05, 0.1) is 24.0 Å². The molecule has 0 atom stereocenters. The molecule has 0 bridgehead atoms. The lowest BCUT2D eigenvalue weighted by molar-refractivity contribution is 0.0697. The van der Waals surface area contributed by atoms with E-state index >= 15 is 0 Å².